The second kappa shape index (κ2) is 6.80. The summed E-state index contributed by atoms with van der Waals surface area (Å²) >= 11 is 0. The van der Waals surface area contributed by atoms with Crippen LogP contribution in [0.15, 0.2) is 54.6 Å². The highest BCUT2D eigenvalue weighted by molar-refractivity contribution is 6.02. The number of rotatable bonds is 4. The number of aromatic carboxylic acids is 2. The molecule has 0 spiro atoms. The van der Waals surface area contributed by atoms with Crippen LogP contribution in [-0.4, -0.2) is 27.1 Å². The predicted octanol–water partition coefficient (Wildman–Crippen LogP) is 4.43. The largest absolute Gasteiger partial charge is 0.478 e. The highest BCUT2D eigenvalue weighted by Gasteiger charge is 2.24. The maximum atomic E-state index is 11.9. The van der Waals surface area contributed by atoms with Gasteiger partial charge in [0.25, 0.3) is 0 Å². The van der Waals surface area contributed by atoms with Gasteiger partial charge in [-0.3, -0.25) is 0 Å². The third-order valence-corrected chi connectivity index (χ3v) is 4.43. The average Bonchev–Trinajstić information content (AvgIpc) is 2.64. The third-order valence-electron chi connectivity index (χ3n) is 4.43. The molecule has 1 heterocycles. The molecular formula is C21H17NO4. The number of nitrogens with zero attached hydrogens (tertiary/aromatic N) is 1. The van der Waals surface area contributed by atoms with Gasteiger partial charge in [-0.25, -0.2) is 14.6 Å². The number of carboxylic acid groups (broad SMARTS) is 2. The lowest BCUT2D eigenvalue weighted by atomic mass is 9.90. The van der Waals surface area contributed by atoms with Crippen molar-refractivity contribution in [3.8, 4) is 22.4 Å². The fourth-order valence-corrected chi connectivity index (χ4v) is 3.04. The van der Waals surface area contributed by atoms with Crippen molar-refractivity contribution in [2.24, 2.45) is 0 Å². The van der Waals surface area contributed by atoms with Gasteiger partial charge in [-0.05, 0) is 36.6 Å². The topological polar surface area (TPSA) is 87.5 Å². The predicted molar refractivity (Wildman–Crippen MR) is 98.5 cm³/mol. The van der Waals surface area contributed by atoms with Crippen molar-refractivity contribution in [3.63, 3.8) is 0 Å². The molecule has 0 saturated carbocycles. The van der Waals surface area contributed by atoms with E-state index in [0.717, 1.165) is 11.1 Å². The summed E-state index contributed by atoms with van der Waals surface area (Å²) in [5.74, 6) is -2.30. The second-order valence-electron chi connectivity index (χ2n) is 5.96. The van der Waals surface area contributed by atoms with Crippen LogP contribution >= 0.6 is 0 Å². The Morgan fingerprint density at radius 3 is 2.04 bits per heavy atom. The van der Waals surface area contributed by atoms with E-state index in [0.29, 0.717) is 22.4 Å². The summed E-state index contributed by atoms with van der Waals surface area (Å²) < 4.78 is 0. The van der Waals surface area contributed by atoms with Gasteiger partial charge in [-0.1, -0.05) is 48.5 Å². The van der Waals surface area contributed by atoms with Gasteiger partial charge in [0.15, 0.2) is 5.69 Å². The van der Waals surface area contributed by atoms with Crippen LogP contribution < -0.4 is 0 Å². The minimum absolute atomic E-state index is 0.0479. The fourth-order valence-electron chi connectivity index (χ4n) is 3.04. The van der Waals surface area contributed by atoms with Crippen LogP contribution in [0.4, 0.5) is 0 Å². The molecule has 26 heavy (non-hydrogen) atoms. The van der Waals surface area contributed by atoms with Crippen LogP contribution in [0, 0.1) is 13.8 Å². The second-order valence-corrected chi connectivity index (χ2v) is 5.96. The summed E-state index contributed by atoms with van der Waals surface area (Å²) in [4.78, 5) is 27.9. The molecule has 130 valence electrons. The number of hydrogen-bond acceptors (Lipinski definition) is 3. The van der Waals surface area contributed by atoms with E-state index in [1.807, 2.05) is 37.3 Å². The number of pyridine rings is 1. The molecule has 0 atom stereocenters. The van der Waals surface area contributed by atoms with Gasteiger partial charge in [0, 0.05) is 11.1 Å². The van der Waals surface area contributed by atoms with Gasteiger partial charge in [0.05, 0.1) is 11.3 Å². The van der Waals surface area contributed by atoms with E-state index in [9.17, 15) is 19.8 Å². The van der Waals surface area contributed by atoms with E-state index >= 15 is 0 Å². The standard InChI is InChI=1S/C21H17NO4/c1-12-13(2)18(14-8-4-3-5-9-14)22-19(21(25)26)17(12)15-10-6-7-11-16(15)20(23)24/h3-11H,1-2H3,(H,23,24)(H,25,26). The molecule has 0 radical (unpaired) electrons. The van der Waals surface area contributed by atoms with Crippen molar-refractivity contribution < 1.29 is 19.8 Å². The number of carbonyl (C=O) groups is 2. The van der Waals surface area contributed by atoms with E-state index < -0.39 is 11.9 Å². The van der Waals surface area contributed by atoms with Gasteiger partial charge in [-0.15, -0.1) is 0 Å². The van der Waals surface area contributed by atoms with Gasteiger partial charge in [0.2, 0.25) is 0 Å². The van der Waals surface area contributed by atoms with E-state index in [-0.39, 0.29) is 11.3 Å². The van der Waals surface area contributed by atoms with Crippen LogP contribution in [0.3, 0.4) is 0 Å². The zero-order valence-electron chi connectivity index (χ0n) is 14.4. The Hall–Kier alpha value is -3.47. The lowest BCUT2D eigenvalue weighted by Crippen LogP contribution is -2.10. The van der Waals surface area contributed by atoms with Crippen molar-refractivity contribution in [3.05, 3.63) is 77.0 Å². The molecule has 1 aromatic heterocycles. The first-order valence-electron chi connectivity index (χ1n) is 8.04. The molecule has 0 amide bonds. The normalized spacial score (nSPS) is 10.5. The number of aromatic nitrogens is 1. The Labute approximate surface area is 150 Å². The van der Waals surface area contributed by atoms with Crippen molar-refractivity contribution >= 4 is 11.9 Å². The first kappa shape index (κ1) is 17.4. The minimum Gasteiger partial charge on any atom is -0.478 e. The Morgan fingerprint density at radius 1 is 0.808 bits per heavy atom. The molecule has 0 bridgehead atoms. The fraction of sp³-hybridized carbons (Fsp3) is 0.0952. The molecule has 2 aromatic carbocycles. The van der Waals surface area contributed by atoms with Crippen LogP contribution in [0.2, 0.25) is 0 Å². The van der Waals surface area contributed by atoms with Gasteiger partial charge >= 0.3 is 11.9 Å². The highest BCUT2D eigenvalue weighted by atomic mass is 16.4. The first-order valence-corrected chi connectivity index (χ1v) is 8.04. The molecule has 3 rings (SSSR count). The van der Waals surface area contributed by atoms with Gasteiger partial charge in [0.1, 0.15) is 0 Å². The summed E-state index contributed by atoms with van der Waals surface area (Å²) in [6.07, 6.45) is 0. The van der Waals surface area contributed by atoms with Crippen LogP contribution in [0.25, 0.3) is 22.4 Å². The molecule has 0 saturated heterocycles. The first-order chi connectivity index (χ1) is 12.4. The Morgan fingerprint density at radius 2 is 1.42 bits per heavy atom. The molecule has 5 heteroatoms. The maximum absolute atomic E-state index is 11.9. The lowest BCUT2D eigenvalue weighted by Gasteiger charge is -2.17. The molecular weight excluding hydrogens is 330 g/mol. The van der Waals surface area contributed by atoms with Crippen LogP contribution in [0.1, 0.15) is 32.0 Å². The van der Waals surface area contributed by atoms with Crippen LogP contribution in [-0.2, 0) is 0 Å². The molecule has 0 fully saturated rings. The molecule has 3 aromatic rings. The summed E-state index contributed by atoms with van der Waals surface area (Å²) in [5.41, 5.74) is 3.50. The smallest absolute Gasteiger partial charge is 0.355 e. The Bertz CT molecular complexity index is 1010. The summed E-state index contributed by atoms with van der Waals surface area (Å²) in [6, 6.07) is 15.7. The number of carboxylic acids is 2. The third kappa shape index (κ3) is 2.95. The zero-order valence-corrected chi connectivity index (χ0v) is 14.4. The van der Waals surface area contributed by atoms with Crippen molar-refractivity contribution in [1.29, 1.82) is 0 Å². The van der Waals surface area contributed by atoms with Crippen molar-refractivity contribution in [2.45, 2.75) is 13.8 Å². The van der Waals surface area contributed by atoms with Crippen LogP contribution in [0.5, 0.6) is 0 Å². The van der Waals surface area contributed by atoms with E-state index in [1.54, 1.807) is 25.1 Å². The highest BCUT2D eigenvalue weighted by Crippen LogP contribution is 2.35. The molecule has 0 unspecified atom stereocenters. The molecule has 0 aliphatic heterocycles. The van der Waals surface area contributed by atoms with E-state index in [4.69, 9.17) is 0 Å². The van der Waals surface area contributed by atoms with E-state index in [1.165, 1.54) is 6.07 Å². The maximum Gasteiger partial charge on any atom is 0.355 e. The zero-order chi connectivity index (χ0) is 18.8. The van der Waals surface area contributed by atoms with Gasteiger partial charge < -0.3 is 10.2 Å². The monoisotopic (exact) mass is 347 g/mol. The quantitative estimate of drug-likeness (QED) is 0.729. The minimum atomic E-state index is -1.19. The van der Waals surface area contributed by atoms with E-state index in [2.05, 4.69) is 4.98 Å². The summed E-state index contributed by atoms with van der Waals surface area (Å²) in [6.45, 7) is 3.66. The number of hydrogen-bond donors (Lipinski definition) is 2. The summed E-state index contributed by atoms with van der Waals surface area (Å²) in [5, 5.41) is 19.2. The lowest BCUT2D eigenvalue weighted by molar-refractivity contribution is 0.0681. The molecule has 5 nitrogen and oxygen atoms in total. The molecule has 0 aliphatic carbocycles. The summed E-state index contributed by atoms with van der Waals surface area (Å²) in [7, 11) is 0. The molecule has 0 aliphatic rings. The average molecular weight is 347 g/mol. The SMILES string of the molecule is Cc1c(-c2ccccc2)nc(C(=O)O)c(-c2ccccc2C(=O)O)c1C. The van der Waals surface area contributed by atoms with Gasteiger partial charge in [-0.2, -0.15) is 0 Å². The Kier molecular flexibility index (Phi) is 4.54. The number of benzene rings is 2. The van der Waals surface area contributed by atoms with Crippen molar-refractivity contribution in [2.75, 3.05) is 0 Å². The van der Waals surface area contributed by atoms with Crippen molar-refractivity contribution in [1.82, 2.24) is 4.98 Å². The Balaban J connectivity index is 2.37. The molecule has 2 N–H and O–H groups in total.